The highest BCUT2D eigenvalue weighted by atomic mass is 16.5. The lowest BCUT2D eigenvalue weighted by Crippen LogP contribution is -2.39. The van der Waals surface area contributed by atoms with Gasteiger partial charge in [-0.3, -0.25) is 0 Å². The first-order chi connectivity index (χ1) is 9.01. The molecular weight excluding hydrogens is 238 g/mol. The standard InChI is InChI=1S/C15H27N3O/c1-12(2)9-14(11-18(3)4)16-10-13-7-6-8-15(17-13)19-5/h6-8,12,14,16H,9-11H2,1-5H3. The molecule has 1 rings (SSSR count). The fourth-order valence-corrected chi connectivity index (χ4v) is 2.15. The molecular formula is C15H27N3O. The Labute approximate surface area is 117 Å². The zero-order valence-corrected chi connectivity index (χ0v) is 12.8. The van der Waals surface area contributed by atoms with E-state index in [1.54, 1.807) is 7.11 Å². The van der Waals surface area contributed by atoms with Crippen molar-refractivity contribution in [2.45, 2.75) is 32.9 Å². The molecule has 108 valence electrons. The molecule has 1 heterocycles. The summed E-state index contributed by atoms with van der Waals surface area (Å²) in [4.78, 5) is 6.64. The molecule has 1 aromatic heterocycles. The first-order valence-corrected chi connectivity index (χ1v) is 6.89. The number of ether oxygens (including phenoxy) is 1. The summed E-state index contributed by atoms with van der Waals surface area (Å²) in [5, 5.41) is 3.59. The summed E-state index contributed by atoms with van der Waals surface area (Å²) >= 11 is 0. The fourth-order valence-electron chi connectivity index (χ4n) is 2.15. The van der Waals surface area contributed by atoms with Crippen molar-refractivity contribution in [1.82, 2.24) is 15.2 Å². The molecule has 0 saturated carbocycles. The Kier molecular flexibility index (Phi) is 6.81. The minimum atomic E-state index is 0.489. The SMILES string of the molecule is COc1cccc(CNC(CC(C)C)CN(C)C)n1. The summed E-state index contributed by atoms with van der Waals surface area (Å²) in [6.45, 7) is 6.34. The van der Waals surface area contributed by atoms with Crippen molar-refractivity contribution in [1.29, 1.82) is 0 Å². The van der Waals surface area contributed by atoms with E-state index in [2.05, 4.69) is 43.1 Å². The number of hydrogen-bond acceptors (Lipinski definition) is 4. The molecule has 19 heavy (non-hydrogen) atoms. The quantitative estimate of drug-likeness (QED) is 0.781. The Bertz CT molecular complexity index is 356. The van der Waals surface area contributed by atoms with Gasteiger partial charge in [-0.2, -0.15) is 0 Å². The van der Waals surface area contributed by atoms with E-state index in [0.29, 0.717) is 17.8 Å². The lowest BCUT2D eigenvalue weighted by atomic mass is 10.0. The van der Waals surface area contributed by atoms with E-state index >= 15 is 0 Å². The van der Waals surface area contributed by atoms with Gasteiger partial charge in [-0.15, -0.1) is 0 Å². The largest absolute Gasteiger partial charge is 0.481 e. The molecule has 0 aromatic carbocycles. The Morgan fingerprint density at radius 3 is 2.63 bits per heavy atom. The number of likely N-dealkylation sites (N-methyl/N-ethyl adjacent to an activating group) is 1. The minimum Gasteiger partial charge on any atom is -0.481 e. The number of methoxy groups -OCH3 is 1. The molecule has 4 heteroatoms. The number of rotatable bonds is 8. The lowest BCUT2D eigenvalue weighted by Gasteiger charge is -2.24. The molecule has 0 bridgehead atoms. The summed E-state index contributed by atoms with van der Waals surface area (Å²) in [5.41, 5.74) is 1.02. The van der Waals surface area contributed by atoms with Crippen molar-refractivity contribution in [3.05, 3.63) is 23.9 Å². The monoisotopic (exact) mass is 265 g/mol. The molecule has 0 radical (unpaired) electrons. The fraction of sp³-hybridized carbons (Fsp3) is 0.667. The van der Waals surface area contributed by atoms with Crippen LogP contribution in [0.25, 0.3) is 0 Å². The van der Waals surface area contributed by atoms with Gasteiger partial charge in [0.05, 0.1) is 12.8 Å². The Morgan fingerprint density at radius 1 is 1.32 bits per heavy atom. The molecule has 1 N–H and O–H groups in total. The maximum Gasteiger partial charge on any atom is 0.213 e. The van der Waals surface area contributed by atoms with Crippen LogP contribution in [0.2, 0.25) is 0 Å². The number of hydrogen-bond donors (Lipinski definition) is 1. The zero-order chi connectivity index (χ0) is 14.3. The average molecular weight is 265 g/mol. The van der Waals surface area contributed by atoms with Gasteiger partial charge in [-0.1, -0.05) is 19.9 Å². The van der Waals surface area contributed by atoms with Crippen molar-refractivity contribution >= 4 is 0 Å². The summed E-state index contributed by atoms with van der Waals surface area (Å²) in [5.74, 6) is 1.36. The van der Waals surface area contributed by atoms with Crippen molar-refractivity contribution in [2.24, 2.45) is 5.92 Å². The van der Waals surface area contributed by atoms with Crippen molar-refractivity contribution in [2.75, 3.05) is 27.7 Å². The van der Waals surface area contributed by atoms with E-state index in [4.69, 9.17) is 4.74 Å². The normalized spacial score (nSPS) is 13.0. The summed E-state index contributed by atoms with van der Waals surface area (Å²) in [6, 6.07) is 6.36. The van der Waals surface area contributed by atoms with Crippen LogP contribution in [0.4, 0.5) is 0 Å². The maximum absolute atomic E-state index is 5.14. The molecule has 0 amide bonds. The second-order valence-electron chi connectivity index (χ2n) is 5.64. The van der Waals surface area contributed by atoms with Crippen LogP contribution in [0.5, 0.6) is 5.88 Å². The van der Waals surface area contributed by atoms with Crippen LogP contribution < -0.4 is 10.1 Å². The van der Waals surface area contributed by atoms with Crippen LogP contribution in [-0.2, 0) is 6.54 Å². The molecule has 0 aliphatic heterocycles. The predicted octanol–water partition coefficient (Wildman–Crippen LogP) is 2.16. The van der Waals surface area contributed by atoms with E-state index < -0.39 is 0 Å². The predicted molar refractivity (Wildman–Crippen MR) is 79.4 cm³/mol. The third-order valence-corrected chi connectivity index (χ3v) is 2.90. The highest BCUT2D eigenvalue weighted by Gasteiger charge is 2.11. The van der Waals surface area contributed by atoms with Crippen molar-refractivity contribution in [3.63, 3.8) is 0 Å². The van der Waals surface area contributed by atoms with Crippen LogP contribution in [-0.4, -0.2) is 43.7 Å². The summed E-state index contributed by atoms with van der Waals surface area (Å²) < 4.78 is 5.14. The van der Waals surface area contributed by atoms with Gasteiger partial charge in [0.25, 0.3) is 0 Å². The molecule has 0 fully saturated rings. The van der Waals surface area contributed by atoms with Crippen LogP contribution >= 0.6 is 0 Å². The van der Waals surface area contributed by atoms with E-state index in [-0.39, 0.29) is 0 Å². The van der Waals surface area contributed by atoms with E-state index in [9.17, 15) is 0 Å². The molecule has 1 aromatic rings. The molecule has 0 aliphatic rings. The van der Waals surface area contributed by atoms with Gasteiger partial charge in [-0.05, 0) is 32.5 Å². The van der Waals surface area contributed by atoms with Crippen LogP contribution in [0.3, 0.4) is 0 Å². The Hall–Kier alpha value is -1.13. The van der Waals surface area contributed by atoms with Gasteiger partial charge >= 0.3 is 0 Å². The van der Waals surface area contributed by atoms with E-state index in [1.165, 1.54) is 6.42 Å². The van der Waals surface area contributed by atoms with Gasteiger partial charge in [0.2, 0.25) is 5.88 Å². The Morgan fingerprint density at radius 2 is 2.05 bits per heavy atom. The minimum absolute atomic E-state index is 0.489. The van der Waals surface area contributed by atoms with Crippen molar-refractivity contribution < 1.29 is 4.74 Å². The highest BCUT2D eigenvalue weighted by molar-refractivity contribution is 5.15. The number of pyridine rings is 1. The summed E-state index contributed by atoms with van der Waals surface area (Å²) in [6.07, 6.45) is 1.17. The number of nitrogens with one attached hydrogen (secondary N) is 1. The first-order valence-electron chi connectivity index (χ1n) is 6.89. The second-order valence-corrected chi connectivity index (χ2v) is 5.64. The third-order valence-electron chi connectivity index (χ3n) is 2.90. The zero-order valence-electron chi connectivity index (χ0n) is 12.8. The highest BCUT2D eigenvalue weighted by Crippen LogP contribution is 2.09. The number of aromatic nitrogens is 1. The second kappa shape index (κ2) is 8.12. The molecule has 0 aliphatic carbocycles. The van der Waals surface area contributed by atoms with Crippen molar-refractivity contribution in [3.8, 4) is 5.88 Å². The molecule has 1 atom stereocenters. The van der Waals surface area contributed by atoms with Gasteiger partial charge in [0.1, 0.15) is 0 Å². The van der Waals surface area contributed by atoms with Gasteiger partial charge in [0, 0.05) is 25.2 Å². The molecule has 1 unspecified atom stereocenters. The lowest BCUT2D eigenvalue weighted by molar-refractivity contribution is 0.304. The molecule has 0 spiro atoms. The third kappa shape index (κ3) is 6.55. The number of nitrogens with zero attached hydrogens (tertiary/aromatic N) is 2. The Balaban J connectivity index is 2.54. The van der Waals surface area contributed by atoms with Crippen LogP contribution in [0.15, 0.2) is 18.2 Å². The van der Waals surface area contributed by atoms with Gasteiger partial charge in [0.15, 0.2) is 0 Å². The van der Waals surface area contributed by atoms with Gasteiger partial charge in [-0.25, -0.2) is 4.98 Å². The van der Waals surface area contributed by atoms with E-state index in [0.717, 1.165) is 18.8 Å². The maximum atomic E-state index is 5.14. The first kappa shape index (κ1) is 15.9. The average Bonchev–Trinajstić information content (AvgIpc) is 2.35. The van der Waals surface area contributed by atoms with Gasteiger partial charge < -0.3 is 15.0 Å². The van der Waals surface area contributed by atoms with E-state index in [1.807, 2.05) is 18.2 Å². The molecule has 0 saturated heterocycles. The smallest absolute Gasteiger partial charge is 0.213 e. The summed E-state index contributed by atoms with van der Waals surface area (Å²) in [7, 11) is 5.87. The molecule has 4 nitrogen and oxygen atoms in total. The topological polar surface area (TPSA) is 37.4 Å². The van der Waals surface area contributed by atoms with Crippen LogP contribution in [0.1, 0.15) is 26.0 Å². The van der Waals surface area contributed by atoms with Crippen LogP contribution in [0, 0.1) is 5.92 Å².